The average Bonchev–Trinajstić information content (AvgIpc) is 3.34. The Hall–Kier alpha value is -3.00. The molecule has 2 aliphatic heterocycles. The van der Waals surface area contributed by atoms with Crippen molar-refractivity contribution in [1.82, 2.24) is 19.3 Å². The maximum absolute atomic E-state index is 12.6. The molecule has 0 saturated heterocycles. The van der Waals surface area contributed by atoms with Crippen LogP contribution in [0, 0.1) is 0 Å². The van der Waals surface area contributed by atoms with Crippen LogP contribution in [0.1, 0.15) is 31.9 Å². The maximum Gasteiger partial charge on any atom is 0.258 e. The van der Waals surface area contributed by atoms with Crippen molar-refractivity contribution in [1.29, 1.82) is 0 Å². The van der Waals surface area contributed by atoms with E-state index in [4.69, 9.17) is 4.74 Å². The van der Waals surface area contributed by atoms with Crippen molar-refractivity contribution >= 4 is 23.5 Å². The van der Waals surface area contributed by atoms with Crippen molar-refractivity contribution in [3.8, 4) is 16.9 Å². The zero-order chi connectivity index (χ0) is 20.8. The number of ether oxygens (including phenoxy) is 1. The first-order chi connectivity index (χ1) is 14.5. The smallest absolute Gasteiger partial charge is 0.258 e. The van der Waals surface area contributed by atoms with Crippen molar-refractivity contribution < 1.29 is 4.74 Å². The van der Waals surface area contributed by atoms with Gasteiger partial charge in [0.2, 0.25) is 5.95 Å². The van der Waals surface area contributed by atoms with E-state index in [0.29, 0.717) is 12.2 Å². The molecule has 2 aromatic heterocycles. The molecule has 2 aliphatic rings. The van der Waals surface area contributed by atoms with E-state index in [1.54, 1.807) is 36.1 Å². The number of hydrogen-bond acceptors (Lipinski definition) is 6. The second-order valence-corrected chi connectivity index (χ2v) is 8.89. The maximum atomic E-state index is 12.6. The van der Waals surface area contributed by atoms with Crippen LogP contribution in [-0.4, -0.2) is 32.5 Å². The molecule has 7 nitrogen and oxygen atoms in total. The lowest BCUT2D eigenvalue weighted by molar-refractivity contribution is 0.326. The quantitative estimate of drug-likeness (QED) is 0.598. The minimum Gasteiger partial charge on any atom is -0.493 e. The Morgan fingerprint density at radius 1 is 1.20 bits per heavy atom. The van der Waals surface area contributed by atoms with Gasteiger partial charge in [-0.05, 0) is 61.2 Å². The third kappa shape index (κ3) is 3.11. The van der Waals surface area contributed by atoms with E-state index in [2.05, 4.69) is 34.3 Å². The fourth-order valence-electron chi connectivity index (χ4n) is 3.91. The molecule has 0 bridgehead atoms. The molecule has 0 N–H and O–H groups in total. The highest BCUT2D eigenvalue weighted by Gasteiger charge is 2.31. The van der Waals surface area contributed by atoms with Crippen molar-refractivity contribution in [2.45, 2.75) is 26.3 Å². The van der Waals surface area contributed by atoms with E-state index >= 15 is 0 Å². The molecular formula is C22H23N5O2S. The molecule has 0 radical (unpaired) electrons. The summed E-state index contributed by atoms with van der Waals surface area (Å²) in [6, 6.07) is 10.0. The highest BCUT2D eigenvalue weighted by atomic mass is 32.2. The zero-order valence-electron chi connectivity index (χ0n) is 17.2. The molecule has 0 aliphatic carbocycles. The van der Waals surface area contributed by atoms with Gasteiger partial charge in [0.25, 0.3) is 5.56 Å². The van der Waals surface area contributed by atoms with Gasteiger partial charge in [-0.15, -0.1) is 0 Å². The molecule has 0 amide bonds. The SMILES string of the molecule is CC(C)n1ncnc1N1CC2=C(CCOc3ccc(-c4cccn(C)c4=O)cc32)S1. The van der Waals surface area contributed by atoms with Crippen LogP contribution in [0.4, 0.5) is 5.95 Å². The van der Waals surface area contributed by atoms with Crippen LogP contribution in [0.3, 0.4) is 0 Å². The Bertz CT molecular complexity index is 1210. The molecule has 0 fully saturated rings. The molecule has 0 saturated carbocycles. The number of aromatic nitrogens is 4. The van der Waals surface area contributed by atoms with E-state index in [-0.39, 0.29) is 11.6 Å². The standard InChI is InChI=1S/C22H23N5O2S/c1-14(2)27-22(23-13-24-27)26-12-18-17-11-15(16-5-4-9-25(3)21(16)28)6-7-19(17)29-10-8-20(18)30-26/h4-7,9,11,13-14H,8,10,12H2,1-3H3. The first-order valence-corrected chi connectivity index (χ1v) is 10.8. The van der Waals surface area contributed by atoms with E-state index in [1.807, 2.05) is 28.9 Å². The molecule has 0 atom stereocenters. The van der Waals surface area contributed by atoms with Crippen LogP contribution >= 0.6 is 11.9 Å². The number of anilines is 1. The van der Waals surface area contributed by atoms with E-state index in [0.717, 1.165) is 35.8 Å². The molecular weight excluding hydrogens is 398 g/mol. The molecule has 0 unspecified atom stereocenters. The number of hydrogen-bond donors (Lipinski definition) is 0. The van der Waals surface area contributed by atoms with Gasteiger partial charge in [0.1, 0.15) is 12.1 Å². The van der Waals surface area contributed by atoms with E-state index < -0.39 is 0 Å². The summed E-state index contributed by atoms with van der Waals surface area (Å²) in [7, 11) is 1.77. The topological polar surface area (TPSA) is 65.2 Å². The molecule has 4 heterocycles. The third-order valence-electron chi connectivity index (χ3n) is 5.45. The molecule has 5 rings (SSSR count). The molecule has 3 aromatic rings. The lowest BCUT2D eigenvalue weighted by Gasteiger charge is -2.20. The lowest BCUT2D eigenvalue weighted by atomic mass is 9.98. The normalized spacial score (nSPS) is 15.8. The predicted octanol–water partition coefficient (Wildman–Crippen LogP) is 3.89. The highest BCUT2D eigenvalue weighted by Crippen LogP contribution is 2.46. The summed E-state index contributed by atoms with van der Waals surface area (Å²) in [4.78, 5) is 18.4. The molecule has 1 aromatic carbocycles. The van der Waals surface area contributed by atoms with Crippen molar-refractivity contribution in [2.24, 2.45) is 7.05 Å². The zero-order valence-corrected chi connectivity index (χ0v) is 18.0. The van der Waals surface area contributed by atoms with Crippen LogP contribution in [0.2, 0.25) is 0 Å². The fraction of sp³-hybridized carbons (Fsp3) is 0.318. The monoisotopic (exact) mass is 421 g/mol. The molecule has 154 valence electrons. The largest absolute Gasteiger partial charge is 0.493 e. The lowest BCUT2D eigenvalue weighted by Crippen LogP contribution is -2.19. The predicted molar refractivity (Wildman–Crippen MR) is 119 cm³/mol. The van der Waals surface area contributed by atoms with Gasteiger partial charge < -0.3 is 9.30 Å². The number of rotatable bonds is 3. The Morgan fingerprint density at radius 3 is 2.90 bits per heavy atom. The Balaban J connectivity index is 1.55. The van der Waals surface area contributed by atoms with Crippen molar-refractivity contribution in [3.63, 3.8) is 0 Å². The number of fused-ring (bicyclic) bond motifs is 2. The first kappa shape index (κ1) is 19.0. The molecule has 8 heteroatoms. The van der Waals surface area contributed by atoms with Gasteiger partial charge in [-0.3, -0.25) is 9.10 Å². The summed E-state index contributed by atoms with van der Waals surface area (Å²) in [5, 5.41) is 4.38. The molecule has 30 heavy (non-hydrogen) atoms. The Kier molecular flexibility index (Phi) is 4.66. The second kappa shape index (κ2) is 7.36. The van der Waals surface area contributed by atoms with Gasteiger partial charge in [0, 0.05) is 35.7 Å². The highest BCUT2D eigenvalue weighted by molar-refractivity contribution is 8.04. The summed E-state index contributed by atoms with van der Waals surface area (Å²) in [6.07, 6.45) is 4.23. The van der Waals surface area contributed by atoms with Gasteiger partial charge >= 0.3 is 0 Å². The number of pyridine rings is 1. The second-order valence-electron chi connectivity index (χ2n) is 7.78. The summed E-state index contributed by atoms with van der Waals surface area (Å²) < 4.78 is 11.8. The average molecular weight is 422 g/mol. The van der Waals surface area contributed by atoms with Crippen LogP contribution in [-0.2, 0) is 7.05 Å². The number of aryl methyl sites for hydroxylation is 1. The van der Waals surface area contributed by atoms with Crippen LogP contribution < -0.4 is 14.6 Å². The summed E-state index contributed by atoms with van der Waals surface area (Å²) in [5.74, 6) is 1.72. The molecule has 0 spiro atoms. The summed E-state index contributed by atoms with van der Waals surface area (Å²) >= 11 is 1.71. The van der Waals surface area contributed by atoms with Crippen LogP contribution in [0.15, 0.2) is 52.6 Å². The fourth-order valence-corrected chi connectivity index (χ4v) is 5.04. The van der Waals surface area contributed by atoms with Gasteiger partial charge in [0.05, 0.1) is 19.2 Å². The number of nitrogens with zero attached hydrogens (tertiary/aromatic N) is 5. The third-order valence-corrected chi connectivity index (χ3v) is 6.63. The van der Waals surface area contributed by atoms with Crippen molar-refractivity contribution in [2.75, 3.05) is 17.5 Å². The Morgan fingerprint density at radius 2 is 2.07 bits per heavy atom. The minimum atomic E-state index is -0.00588. The van der Waals surface area contributed by atoms with Crippen molar-refractivity contribution in [3.05, 3.63) is 63.7 Å². The number of benzene rings is 1. The van der Waals surface area contributed by atoms with Gasteiger partial charge in [0.15, 0.2) is 0 Å². The van der Waals surface area contributed by atoms with Crippen LogP contribution in [0.5, 0.6) is 5.75 Å². The van der Waals surface area contributed by atoms with E-state index in [9.17, 15) is 4.79 Å². The van der Waals surface area contributed by atoms with Gasteiger partial charge in [-0.25, -0.2) is 4.68 Å². The Labute approximate surface area is 179 Å². The minimum absolute atomic E-state index is 0.00588. The van der Waals surface area contributed by atoms with E-state index in [1.165, 1.54) is 10.5 Å². The summed E-state index contributed by atoms with van der Waals surface area (Å²) in [6.45, 7) is 5.56. The summed E-state index contributed by atoms with van der Waals surface area (Å²) in [5.41, 5.74) is 3.88. The van der Waals surface area contributed by atoms with Gasteiger partial charge in [-0.1, -0.05) is 6.07 Å². The van der Waals surface area contributed by atoms with Gasteiger partial charge in [-0.2, -0.15) is 10.1 Å². The van der Waals surface area contributed by atoms with Crippen LogP contribution in [0.25, 0.3) is 16.7 Å². The first-order valence-electron chi connectivity index (χ1n) is 10.0.